The first-order chi connectivity index (χ1) is 8.95. The predicted octanol–water partition coefficient (Wildman–Crippen LogP) is 4.08. The van der Waals surface area contributed by atoms with E-state index in [1.807, 2.05) is 0 Å². The van der Waals surface area contributed by atoms with Crippen LogP contribution in [0.3, 0.4) is 0 Å². The highest BCUT2D eigenvalue weighted by Crippen LogP contribution is 2.39. The quantitative estimate of drug-likeness (QED) is 0.413. The van der Waals surface area contributed by atoms with Crippen LogP contribution in [0.25, 0.3) is 0 Å². The Morgan fingerprint density at radius 3 is 2.58 bits per heavy atom. The zero-order valence-electron chi connectivity index (χ0n) is 10.9. The number of rotatable bonds is 6. The summed E-state index contributed by atoms with van der Waals surface area (Å²) in [5.74, 6) is -1.94. The maximum Gasteiger partial charge on any atom is 0.391 e. The lowest BCUT2D eigenvalue weighted by Gasteiger charge is -2.29. The van der Waals surface area contributed by atoms with Gasteiger partial charge in [0.1, 0.15) is 0 Å². The Kier molecular flexibility index (Phi) is 7.46. The van der Waals surface area contributed by atoms with Crippen LogP contribution in [0.5, 0.6) is 0 Å². The van der Waals surface area contributed by atoms with Crippen molar-refractivity contribution in [2.24, 2.45) is 11.8 Å². The maximum atomic E-state index is 12.6. The number of hydrogen-bond donors (Lipinski definition) is 1. The van der Waals surface area contributed by atoms with Crippen molar-refractivity contribution < 1.29 is 18.0 Å². The van der Waals surface area contributed by atoms with E-state index in [1.165, 1.54) is 0 Å². The summed E-state index contributed by atoms with van der Waals surface area (Å²) in [5, 5.41) is 2.77. The van der Waals surface area contributed by atoms with Gasteiger partial charge in [-0.05, 0) is 36.5 Å². The number of carbonyl (C=O) groups is 1. The van der Waals surface area contributed by atoms with Crippen LogP contribution in [0.2, 0.25) is 0 Å². The third-order valence-electron chi connectivity index (χ3n) is 3.62. The number of hydrogen-bond acceptors (Lipinski definition) is 1. The molecule has 1 N–H and O–H groups in total. The summed E-state index contributed by atoms with van der Waals surface area (Å²) in [7, 11) is 0. The number of carbonyl (C=O) groups excluding carboxylic acids is 1. The minimum atomic E-state index is -4.15. The third kappa shape index (κ3) is 6.31. The van der Waals surface area contributed by atoms with E-state index < -0.39 is 18.0 Å². The van der Waals surface area contributed by atoms with E-state index in [2.05, 4.69) is 27.9 Å². The van der Waals surface area contributed by atoms with E-state index in [0.29, 0.717) is 19.4 Å². The average molecular weight is 391 g/mol. The van der Waals surface area contributed by atoms with Crippen LogP contribution in [-0.4, -0.2) is 23.1 Å². The van der Waals surface area contributed by atoms with Crippen molar-refractivity contribution in [1.82, 2.24) is 5.32 Å². The summed E-state index contributed by atoms with van der Waals surface area (Å²) in [6, 6.07) is 0. The standard InChI is InChI=1S/C13H21F3INO/c14-13(15,16)11-6-4-5-10(9-11)12(19)18-8-3-1-2-7-17/h10-11H,1-9H2,(H,18,19). The molecule has 1 aliphatic rings. The lowest BCUT2D eigenvalue weighted by molar-refractivity contribution is -0.186. The van der Waals surface area contributed by atoms with Gasteiger partial charge in [0.05, 0.1) is 5.92 Å². The van der Waals surface area contributed by atoms with Gasteiger partial charge in [-0.15, -0.1) is 0 Å². The zero-order valence-corrected chi connectivity index (χ0v) is 13.1. The van der Waals surface area contributed by atoms with Crippen molar-refractivity contribution in [1.29, 1.82) is 0 Å². The van der Waals surface area contributed by atoms with Crippen LogP contribution >= 0.6 is 22.6 Å². The highest BCUT2D eigenvalue weighted by Gasteiger charge is 2.43. The molecule has 0 heterocycles. The number of halogens is 4. The molecule has 0 bridgehead atoms. The maximum absolute atomic E-state index is 12.6. The summed E-state index contributed by atoms with van der Waals surface area (Å²) in [5.41, 5.74) is 0. The minimum absolute atomic E-state index is 0.0386. The second kappa shape index (κ2) is 8.32. The Morgan fingerprint density at radius 1 is 1.21 bits per heavy atom. The molecule has 1 rings (SSSR count). The van der Waals surface area contributed by atoms with Crippen molar-refractivity contribution >= 4 is 28.5 Å². The van der Waals surface area contributed by atoms with Gasteiger partial charge in [-0.1, -0.05) is 35.4 Å². The van der Waals surface area contributed by atoms with E-state index in [4.69, 9.17) is 0 Å². The summed E-state index contributed by atoms with van der Waals surface area (Å²) in [6.45, 7) is 0.586. The second-order valence-corrected chi connectivity index (χ2v) is 6.22. The van der Waals surface area contributed by atoms with E-state index in [0.717, 1.165) is 23.7 Å². The molecule has 2 nitrogen and oxygen atoms in total. The van der Waals surface area contributed by atoms with Crippen molar-refractivity contribution in [3.63, 3.8) is 0 Å². The van der Waals surface area contributed by atoms with Crippen LogP contribution in [0.15, 0.2) is 0 Å². The van der Waals surface area contributed by atoms with E-state index in [1.54, 1.807) is 0 Å². The molecule has 0 radical (unpaired) electrons. The first kappa shape index (κ1) is 17.0. The van der Waals surface area contributed by atoms with Crippen LogP contribution < -0.4 is 5.32 Å². The molecule has 1 aliphatic carbocycles. The van der Waals surface area contributed by atoms with Gasteiger partial charge in [-0.25, -0.2) is 0 Å². The molecule has 0 aromatic carbocycles. The highest BCUT2D eigenvalue weighted by atomic mass is 127. The van der Waals surface area contributed by atoms with Crippen LogP contribution in [-0.2, 0) is 4.79 Å². The van der Waals surface area contributed by atoms with Gasteiger partial charge in [0, 0.05) is 12.5 Å². The van der Waals surface area contributed by atoms with Gasteiger partial charge in [0.25, 0.3) is 0 Å². The van der Waals surface area contributed by atoms with E-state index >= 15 is 0 Å². The Hall–Kier alpha value is -0.0100. The smallest absolute Gasteiger partial charge is 0.356 e. The molecule has 2 unspecified atom stereocenters. The molecule has 6 heteroatoms. The summed E-state index contributed by atoms with van der Waals surface area (Å²) in [4.78, 5) is 11.8. The Labute approximate surface area is 126 Å². The molecule has 0 saturated heterocycles. The summed E-state index contributed by atoms with van der Waals surface area (Å²) < 4.78 is 39.0. The monoisotopic (exact) mass is 391 g/mol. The molecule has 1 fully saturated rings. The van der Waals surface area contributed by atoms with Gasteiger partial charge in [-0.2, -0.15) is 13.2 Å². The molecule has 19 heavy (non-hydrogen) atoms. The molecule has 1 amide bonds. The van der Waals surface area contributed by atoms with E-state index in [9.17, 15) is 18.0 Å². The zero-order chi connectivity index (χ0) is 14.3. The van der Waals surface area contributed by atoms with Crippen LogP contribution in [0, 0.1) is 11.8 Å². The Balaban J connectivity index is 2.28. The normalized spacial score (nSPS) is 24.2. The molecule has 0 aromatic rings. The van der Waals surface area contributed by atoms with Crippen LogP contribution in [0.1, 0.15) is 44.9 Å². The lowest BCUT2D eigenvalue weighted by Crippen LogP contribution is -2.37. The van der Waals surface area contributed by atoms with Gasteiger partial charge in [0.15, 0.2) is 0 Å². The number of unbranched alkanes of at least 4 members (excludes halogenated alkanes) is 2. The minimum Gasteiger partial charge on any atom is -0.356 e. The summed E-state index contributed by atoms with van der Waals surface area (Å²) >= 11 is 2.30. The van der Waals surface area contributed by atoms with Gasteiger partial charge < -0.3 is 5.32 Å². The first-order valence-corrected chi connectivity index (χ1v) is 8.38. The first-order valence-electron chi connectivity index (χ1n) is 6.85. The van der Waals surface area contributed by atoms with Crippen molar-refractivity contribution in [3.8, 4) is 0 Å². The van der Waals surface area contributed by atoms with Crippen LogP contribution in [0.4, 0.5) is 13.2 Å². The van der Waals surface area contributed by atoms with E-state index in [-0.39, 0.29) is 18.7 Å². The lowest BCUT2D eigenvalue weighted by atomic mass is 9.80. The topological polar surface area (TPSA) is 29.1 Å². The second-order valence-electron chi connectivity index (χ2n) is 5.14. The van der Waals surface area contributed by atoms with Gasteiger partial charge in [-0.3, -0.25) is 4.79 Å². The van der Waals surface area contributed by atoms with Gasteiger partial charge >= 0.3 is 6.18 Å². The fourth-order valence-electron chi connectivity index (χ4n) is 2.48. The molecule has 2 atom stereocenters. The fourth-order valence-corrected chi connectivity index (χ4v) is 3.02. The molecule has 0 aliphatic heterocycles. The third-order valence-corrected chi connectivity index (χ3v) is 4.38. The molecular weight excluding hydrogens is 370 g/mol. The average Bonchev–Trinajstić information content (AvgIpc) is 2.37. The number of amides is 1. The highest BCUT2D eigenvalue weighted by molar-refractivity contribution is 14.1. The molecule has 1 saturated carbocycles. The molecule has 112 valence electrons. The SMILES string of the molecule is O=C(NCCCCCI)C1CCCC(C(F)(F)F)C1. The predicted molar refractivity (Wildman–Crippen MR) is 77.3 cm³/mol. The Bertz CT molecular complexity index is 284. The van der Waals surface area contributed by atoms with Crippen molar-refractivity contribution in [2.45, 2.75) is 51.1 Å². The van der Waals surface area contributed by atoms with Crippen molar-refractivity contribution in [2.75, 3.05) is 11.0 Å². The number of alkyl halides is 4. The van der Waals surface area contributed by atoms with Gasteiger partial charge in [0.2, 0.25) is 5.91 Å². The largest absolute Gasteiger partial charge is 0.391 e. The summed E-state index contributed by atoms with van der Waals surface area (Å²) in [6.07, 6.45) is 0.147. The fraction of sp³-hybridized carbons (Fsp3) is 0.923. The Morgan fingerprint density at radius 2 is 1.95 bits per heavy atom. The molecule has 0 spiro atoms. The van der Waals surface area contributed by atoms with Crippen molar-refractivity contribution in [3.05, 3.63) is 0 Å². The number of nitrogens with one attached hydrogen (secondary N) is 1. The molecular formula is C13H21F3INO. The molecule has 0 aromatic heterocycles.